The molecule has 0 heterocycles. The summed E-state index contributed by atoms with van der Waals surface area (Å²) in [6.07, 6.45) is 2.81. The Hall–Kier alpha value is -1.30. The van der Waals surface area contributed by atoms with Crippen LogP contribution in [-0.4, -0.2) is 43.4 Å². The first-order valence-corrected chi connectivity index (χ1v) is 6.72. The lowest BCUT2D eigenvalue weighted by Gasteiger charge is -2.20. The number of ether oxygens (including phenoxy) is 1. The van der Waals surface area contributed by atoms with Gasteiger partial charge in [0.15, 0.2) is 0 Å². The zero-order valence-electron chi connectivity index (χ0n) is 12.1. The van der Waals surface area contributed by atoms with Crippen molar-refractivity contribution in [2.24, 2.45) is 5.92 Å². The van der Waals surface area contributed by atoms with Gasteiger partial charge in [-0.1, -0.05) is 13.8 Å². The highest BCUT2D eigenvalue weighted by Crippen LogP contribution is 2.05. The molecule has 1 unspecified atom stereocenters. The number of hydrogen-bond acceptors (Lipinski definition) is 3. The number of carbonyl (C=O) groups is 2. The number of carbonyl (C=O) groups excluding carboxylic acids is 1. The average molecular weight is 274 g/mol. The van der Waals surface area contributed by atoms with Crippen LogP contribution in [0.3, 0.4) is 0 Å². The van der Waals surface area contributed by atoms with Crippen molar-refractivity contribution in [3.63, 3.8) is 0 Å². The van der Waals surface area contributed by atoms with Gasteiger partial charge in [0, 0.05) is 26.3 Å². The van der Waals surface area contributed by atoms with E-state index in [4.69, 9.17) is 9.84 Å². The normalized spacial score (nSPS) is 12.2. The SMILES string of the molecule is COCCCCCNC(=O)NC(CC(=O)O)C(C)C. The fourth-order valence-corrected chi connectivity index (χ4v) is 1.61. The number of aliphatic carboxylic acids is 1. The summed E-state index contributed by atoms with van der Waals surface area (Å²) >= 11 is 0. The number of carboxylic acid groups (broad SMARTS) is 1. The largest absolute Gasteiger partial charge is 0.481 e. The monoisotopic (exact) mass is 274 g/mol. The molecule has 0 aromatic carbocycles. The molecule has 0 aliphatic rings. The van der Waals surface area contributed by atoms with Crippen LogP contribution in [-0.2, 0) is 9.53 Å². The maximum Gasteiger partial charge on any atom is 0.315 e. The second-order valence-corrected chi connectivity index (χ2v) is 4.90. The highest BCUT2D eigenvalue weighted by atomic mass is 16.5. The predicted molar refractivity (Wildman–Crippen MR) is 73.1 cm³/mol. The average Bonchev–Trinajstić information content (AvgIpc) is 2.32. The van der Waals surface area contributed by atoms with E-state index >= 15 is 0 Å². The summed E-state index contributed by atoms with van der Waals surface area (Å²) in [7, 11) is 1.67. The van der Waals surface area contributed by atoms with Crippen LogP contribution in [0.2, 0.25) is 0 Å². The van der Waals surface area contributed by atoms with E-state index in [1.165, 1.54) is 0 Å². The number of rotatable bonds is 10. The third-order valence-corrected chi connectivity index (χ3v) is 2.83. The highest BCUT2D eigenvalue weighted by Gasteiger charge is 2.18. The maximum absolute atomic E-state index is 11.6. The molecule has 0 radical (unpaired) electrons. The van der Waals surface area contributed by atoms with Crippen molar-refractivity contribution in [3.8, 4) is 0 Å². The van der Waals surface area contributed by atoms with Crippen LogP contribution in [0, 0.1) is 5.92 Å². The van der Waals surface area contributed by atoms with Gasteiger partial charge in [-0.3, -0.25) is 4.79 Å². The van der Waals surface area contributed by atoms with Gasteiger partial charge in [-0.05, 0) is 25.2 Å². The summed E-state index contributed by atoms with van der Waals surface area (Å²) in [6.45, 7) is 5.10. The number of nitrogens with one attached hydrogen (secondary N) is 2. The number of urea groups is 1. The third kappa shape index (κ3) is 10.3. The van der Waals surface area contributed by atoms with Crippen molar-refractivity contribution in [2.75, 3.05) is 20.3 Å². The first-order chi connectivity index (χ1) is 8.97. The highest BCUT2D eigenvalue weighted by molar-refractivity contribution is 5.75. The Balaban J connectivity index is 3.78. The van der Waals surface area contributed by atoms with Crippen LogP contribution >= 0.6 is 0 Å². The van der Waals surface area contributed by atoms with E-state index in [0.717, 1.165) is 25.9 Å². The molecule has 2 amide bonds. The van der Waals surface area contributed by atoms with Gasteiger partial charge in [0.05, 0.1) is 6.42 Å². The van der Waals surface area contributed by atoms with Crippen LogP contribution in [0.25, 0.3) is 0 Å². The lowest BCUT2D eigenvalue weighted by atomic mass is 10.0. The molecule has 0 aromatic heterocycles. The quantitative estimate of drug-likeness (QED) is 0.528. The maximum atomic E-state index is 11.6. The van der Waals surface area contributed by atoms with Crippen molar-refractivity contribution < 1.29 is 19.4 Å². The number of unbranched alkanes of at least 4 members (excludes halogenated alkanes) is 2. The van der Waals surface area contributed by atoms with Gasteiger partial charge in [0.2, 0.25) is 0 Å². The van der Waals surface area contributed by atoms with Crippen molar-refractivity contribution in [2.45, 2.75) is 45.6 Å². The molecule has 0 spiro atoms. The fraction of sp³-hybridized carbons (Fsp3) is 0.846. The fourth-order valence-electron chi connectivity index (χ4n) is 1.61. The van der Waals surface area contributed by atoms with Gasteiger partial charge in [-0.2, -0.15) is 0 Å². The van der Waals surface area contributed by atoms with Gasteiger partial charge in [-0.15, -0.1) is 0 Å². The smallest absolute Gasteiger partial charge is 0.315 e. The first kappa shape index (κ1) is 17.7. The zero-order chi connectivity index (χ0) is 14.7. The molecular weight excluding hydrogens is 248 g/mol. The van der Waals surface area contributed by atoms with Gasteiger partial charge in [0.1, 0.15) is 0 Å². The Morgan fingerprint density at radius 3 is 2.42 bits per heavy atom. The molecule has 0 saturated carbocycles. The molecule has 6 nitrogen and oxygen atoms in total. The van der Waals surface area contributed by atoms with Crippen LogP contribution in [0.1, 0.15) is 39.5 Å². The van der Waals surface area contributed by atoms with E-state index in [9.17, 15) is 9.59 Å². The van der Waals surface area contributed by atoms with E-state index in [0.29, 0.717) is 6.54 Å². The van der Waals surface area contributed by atoms with Crippen molar-refractivity contribution in [1.82, 2.24) is 10.6 Å². The molecule has 0 aliphatic carbocycles. The summed E-state index contributed by atoms with van der Waals surface area (Å²) in [5, 5.41) is 14.2. The summed E-state index contributed by atoms with van der Waals surface area (Å²) in [5.41, 5.74) is 0. The number of methoxy groups -OCH3 is 1. The Kier molecular flexibility index (Phi) is 9.88. The molecule has 19 heavy (non-hydrogen) atoms. The molecule has 1 atom stereocenters. The summed E-state index contributed by atoms with van der Waals surface area (Å²) in [6, 6.07) is -0.641. The van der Waals surface area contributed by atoms with Crippen LogP contribution in [0.5, 0.6) is 0 Å². The van der Waals surface area contributed by atoms with E-state index in [2.05, 4.69) is 10.6 Å². The van der Waals surface area contributed by atoms with Crippen LogP contribution < -0.4 is 10.6 Å². The Morgan fingerprint density at radius 2 is 1.89 bits per heavy atom. The third-order valence-electron chi connectivity index (χ3n) is 2.83. The minimum Gasteiger partial charge on any atom is -0.481 e. The topological polar surface area (TPSA) is 87.7 Å². The first-order valence-electron chi connectivity index (χ1n) is 6.72. The van der Waals surface area contributed by atoms with Gasteiger partial charge < -0.3 is 20.5 Å². The molecule has 0 rings (SSSR count). The predicted octanol–water partition coefficient (Wildman–Crippen LogP) is 1.60. The molecule has 0 aliphatic heterocycles. The molecule has 0 aromatic rings. The van der Waals surface area contributed by atoms with Gasteiger partial charge >= 0.3 is 12.0 Å². The Labute approximate surface area is 114 Å². The lowest BCUT2D eigenvalue weighted by molar-refractivity contribution is -0.137. The summed E-state index contributed by atoms with van der Waals surface area (Å²) < 4.78 is 4.93. The molecule has 112 valence electrons. The van der Waals surface area contributed by atoms with Crippen molar-refractivity contribution >= 4 is 12.0 Å². The van der Waals surface area contributed by atoms with Crippen molar-refractivity contribution in [3.05, 3.63) is 0 Å². The molecule has 0 fully saturated rings. The zero-order valence-corrected chi connectivity index (χ0v) is 12.1. The van der Waals surface area contributed by atoms with E-state index in [1.807, 2.05) is 13.8 Å². The van der Waals surface area contributed by atoms with Crippen LogP contribution in [0.15, 0.2) is 0 Å². The second-order valence-electron chi connectivity index (χ2n) is 4.90. The number of carboxylic acids is 1. The minimum atomic E-state index is -0.904. The van der Waals surface area contributed by atoms with Crippen LogP contribution in [0.4, 0.5) is 4.79 Å². The lowest BCUT2D eigenvalue weighted by Crippen LogP contribution is -2.45. The standard InChI is InChI=1S/C13H26N2O4/c1-10(2)11(9-12(16)17)15-13(18)14-7-5-4-6-8-19-3/h10-11H,4-9H2,1-3H3,(H,16,17)(H2,14,15,18). The molecular formula is C13H26N2O4. The Bertz CT molecular complexity index is 269. The second kappa shape index (κ2) is 10.6. The number of amides is 2. The van der Waals surface area contributed by atoms with E-state index in [1.54, 1.807) is 7.11 Å². The van der Waals surface area contributed by atoms with Crippen molar-refractivity contribution in [1.29, 1.82) is 0 Å². The van der Waals surface area contributed by atoms with Gasteiger partial charge in [0.25, 0.3) is 0 Å². The number of hydrogen-bond donors (Lipinski definition) is 3. The molecule has 3 N–H and O–H groups in total. The van der Waals surface area contributed by atoms with Gasteiger partial charge in [-0.25, -0.2) is 4.79 Å². The molecule has 0 saturated heterocycles. The van der Waals surface area contributed by atoms with E-state index < -0.39 is 5.97 Å². The molecule has 0 bridgehead atoms. The Morgan fingerprint density at radius 1 is 1.21 bits per heavy atom. The molecule has 6 heteroatoms. The minimum absolute atomic E-state index is 0.0566. The summed E-state index contributed by atoms with van der Waals surface area (Å²) in [4.78, 5) is 22.3. The van der Waals surface area contributed by atoms with E-state index in [-0.39, 0.29) is 24.4 Å². The summed E-state index contributed by atoms with van der Waals surface area (Å²) in [5.74, 6) is -0.817.